The monoisotopic (exact) mass is 431 g/mol. The Balaban J connectivity index is 1.65. The van der Waals surface area contributed by atoms with Crippen LogP contribution in [0.3, 0.4) is 0 Å². The highest BCUT2D eigenvalue weighted by atomic mass is 32.2. The largest absolute Gasteiger partial charge is 0.354 e. The van der Waals surface area contributed by atoms with Crippen molar-refractivity contribution in [1.82, 2.24) is 14.2 Å². The summed E-state index contributed by atoms with van der Waals surface area (Å²) in [6.07, 6.45) is 1.64. The minimum Gasteiger partial charge on any atom is -0.354 e. The van der Waals surface area contributed by atoms with Gasteiger partial charge in [0.05, 0.1) is 16.8 Å². The van der Waals surface area contributed by atoms with Gasteiger partial charge in [0, 0.05) is 44.8 Å². The third-order valence-electron chi connectivity index (χ3n) is 5.29. The van der Waals surface area contributed by atoms with Gasteiger partial charge in [-0.15, -0.1) is 0 Å². The molecule has 0 unspecified atom stereocenters. The van der Waals surface area contributed by atoms with Crippen LogP contribution in [0.15, 0.2) is 47.5 Å². The number of aromatic nitrogens is 1. The first-order chi connectivity index (χ1) is 14.3. The lowest BCUT2D eigenvalue weighted by Crippen LogP contribution is -2.44. The van der Waals surface area contributed by atoms with Crippen molar-refractivity contribution in [3.05, 3.63) is 48.2 Å². The van der Waals surface area contributed by atoms with Gasteiger partial charge in [0.2, 0.25) is 10.0 Å². The van der Waals surface area contributed by atoms with Crippen molar-refractivity contribution in [1.29, 1.82) is 0 Å². The Morgan fingerprint density at radius 1 is 1.03 bits per heavy atom. The van der Waals surface area contributed by atoms with Gasteiger partial charge in [-0.2, -0.15) is 4.31 Å². The molecule has 1 aliphatic rings. The maximum atomic E-state index is 12.6. The molecule has 2 heterocycles. The Morgan fingerprint density at radius 3 is 2.20 bits per heavy atom. The fraction of sp³-hybridized carbons (Fsp3) is 0.429. The average molecular weight is 432 g/mol. The van der Waals surface area contributed by atoms with Crippen LogP contribution < -0.4 is 10.2 Å². The van der Waals surface area contributed by atoms with Gasteiger partial charge in [-0.1, -0.05) is 13.8 Å². The van der Waals surface area contributed by atoms with E-state index in [9.17, 15) is 13.2 Å². The lowest BCUT2D eigenvalue weighted by molar-refractivity contribution is 0.102. The van der Waals surface area contributed by atoms with Crippen LogP contribution in [0.4, 0.5) is 11.5 Å². The number of benzene rings is 1. The molecule has 0 saturated carbocycles. The van der Waals surface area contributed by atoms with Crippen molar-refractivity contribution < 1.29 is 13.2 Å². The average Bonchev–Trinajstić information content (AvgIpc) is 2.75. The fourth-order valence-electron chi connectivity index (χ4n) is 3.38. The first-order valence-electron chi connectivity index (χ1n) is 10.2. The van der Waals surface area contributed by atoms with Gasteiger partial charge in [0.25, 0.3) is 5.91 Å². The summed E-state index contributed by atoms with van der Waals surface area (Å²) in [7, 11) is -1.43. The van der Waals surface area contributed by atoms with E-state index in [1.165, 1.54) is 28.6 Å². The quantitative estimate of drug-likeness (QED) is 0.723. The summed E-state index contributed by atoms with van der Waals surface area (Å²) in [4.78, 5) is 21.7. The Hall–Kier alpha value is -2.49. The Kier molecular flexibility index (Phi) is 7.06. The third-order valence-corrected chi connectivity index (χ3v) is 7.36. The second-order valence-electron chi connectivity index (χ2n) is 7.26. The van der Waals surface area contributed by atoms with Crippen LogP contribution in [-0.4, -0.2) is 74.8 Å². The highest BCUT2D eigenvalue weighted by Gasteiger charge is 2.22. The number of piperazine rings is 1. The van der Waals surface area contributed by atoms with Crippen LogP contribution in [0.2, 0.25) is 0 Å². The zero-order valence-corrected chi connectivity index (χ0v) is 18.5. The Labute approximate surface area is 178 Å². The molecule has 1 saturated heterocycles. The lowest BCUT2D eigenvalue weighted by atomic mass is 10.2. The number of sulfonamides is 1. The standard InChI is InChI=1S/C21H29N5O3S/c1-4-26(5-2)30(28,29)19-9-6-17(7-10-19)21(27)23-18-8-11-20(22-16-18)25-14-12-24(3)13-15-25/h6-11,16H,4-5,12-15H2,1-3H3,(H,23,27). The molecule has 162 valence electrons. The molecule has 2 aromatic rings. The highest BCUT2D eigenvalue weighted by molar-refractivity contribution is 7.89. The second-order valence-corrected chi connectivity index (χ2v) is 9.20. The van der Waals surface area contributed by atoms with E-state index in [2.05, 4.69) is 27.1 Å². The molecule has 1 aromatic carbocycles. The van der Waals surface area contributed by atoms with Crippen LogP contribution in [0.25, 0.3) is 0 Å². The minimum atomic E-state index is -3.54. The van der Waals surface area contributed by atoms with Crippen LogP contribution in [0.5, 0.6) is 0 Å². The number of nitrogens with one attached hydrogen (secondary N) is 1. The summed E-state index contributed by atoms with van der Waals surface area (Å²) in [5, 5.41) is 2.81. The molecule has 0 bridgehead atoms. The molecular formula is C21H29N5O3S. The summed E-state index contributed by atoms with van der Waals surface area (Å²) in [6.45, 7) is 8.25. The van der Waals surface area contributed by atoms with E-state index in [0.29, 0.717) is 24.3 Å². The molecule has 3 rings (SSSR count). The van der Waals surface area contributed by atoms with Gasteiger partial charge in [-0.3, -0.25) is 4.79 Å². The molecule has 8 nitrogen and oxygen atoms in total. The van der Waals surface area contributed by atoms with Crippen molar-refractivity contribution in [2.24, 2.45) is 0 Å². The molecule has 0 spiro atoms. The van der Waals surface area contributed by atoms with E-state index in [0.717, 1.165) is 32.0 Å². The van der Waals surface area contributed by atoms with E-state index < -0.39 is 10.0 Å². The molecule has 0 radical (unpaired) electrons. The normalized spacial score (nSPS) is 15.4. The van der Waals surface area contributed by atoms with Crippen LogP contribution in [-0.2, 0) is 10.0 Å². The molecule has 0 atom stereocenters. The van der Waals surface area contributed by atoms with Crippen molar-refractivity contribution in [3.63, 3.8) is 0 Å². The van der Waals surface area contributed by atoms with E-state index in [-0.39, 0.29) is 10.8 Å². The highest BCUT2D eigenvalue weighted by Crippen LogP contribution is 2.19. The van der Waals surface area contributed by atoms with Gasteiger partial charge in [-0.25, -0.2) is 13.4 Å². The number of carbonyl (C=O) groups is 1. The first-order valence-corrected chi connectivity index (χ1v) is 11.6. The molecule has 1 aliphatic heterocycles. The molecule has 1 amide bonds. The Bertz CT molecular complexity index is 949. The predicted octanol–water partition coefficient (Wildman–Crippen LogP) is 2.12. The Morgan fingerprint density at radius 2 is 1.67 bits per heavy atom. The second kappa shape index (κ2) is 9.55. The van der Waals surface area contributed by atoms with Crippen LogP contribution >= 0.6 is 0 Å². The summed E-state index contributed by atoms with van der Waals surface area (Å²) in [5.74, 6) is 0.586. The molecule has 1 fully saturated rings. The number of hydrogen-bond acceptors (Lipinski definition) is 6. The number of carbonyl (C=O) groups excluding carboxylic acids is 1. The van der Waals surface area contributed by atoms with E-state index in [1.54, 1.807) is 20.0 Å². The summed E-state index contributed by atoms with van der Waals surface area (Å²) >= 11 is 0. The maximum Gasteiger partial charge on any atom is 0.255 e. The van der Waals surface area contributed by atoms with E-state index in [4.69, 9.17) is 0 Å². The number of pyridine rings is 1. The fourth-order valence-corrected chi connectivity index (χ4v) is 4.83. The van der Waals surface area contributed by atoms with Gasteiger partial charge in [-0.05, 0) is 43.4 Å². The van der Waals surface area contributed by atoms with Gasteiger partial charge >= 0.3 is 0 Å². The molecule has 1 N–H and O–H groups in total. The van der Waals surface area contributed by atoms with E-state index in [1.807, 2.05) is 12.1 Å². The number of nitrogens with zero attached hydrogens (tertiary/aromatic N) is 4. The first kappa shape index (κ1) is 22.2. The third kappa shape index (κ3) is 4.97. The van der Waals surface area contributed by atoms with Gasteiger partial charge in [0.1, 0.15) is 5.82 Å². The smallest absolute Gasteiger partial charge is 0.255 e. The van der Waals surface area contributed by atoms with Crippen LogP contribution in [0.1, 0.15) is 24.2 Å². The number of likely N-dealkylation sites (N-methyl/N-ethyl adjacent to an activating group) is 1. The van der Waals surface area contributed by atoms with Crippen molar-refractivity contribution in [2.75, 3.05) is 56.5 Å². The van der Waals surface area contributed by atoms with Crippen LogP contribution in [0, 0.1) is 0 Å². The molecule has 9 heteroatoms. The summed E-state index contributed by atoms with van der Waals surface area (Å²) in [5.41, 5.74) is 0.981. The SMILES string of the molecule is CCN(CC)S(=O)(=O)c1ccc(C(=O)Nc2ccc(N3CCN(C)CC3)nc2)cc1. The molecule has 30 heavy (non-hydrogen) atoms. The molecular weight excluding hydrogens is 402 g/mol. The van der Waals surface area contributed by atoms with Crippen molar-refractivity contribution >= 4 is 27.4 Å². The van der Waals surface area contributed by atoms with Gasteiger partial charge in [0.15, 0.2) is 0 Å². The number of anilines is 2. The zero-order valence-electron chi connectivity index (χ0n) is 17.7. The van der Waals surface area contributed by atoms with E-state index >= 15 is 0 Å². The maximum absolute atomic E-state index is 12.6. The minimum absolute atomic E-state index is 0.181. The topological polar surface area (TPSA) is 85.8 Å². The summed E-state index contributed by atoms with van der Waals surface area (Å²) in [6, 6.07) is 9.72. The predicted molar refractivity (Wildman–Crippen MR) is 118 cm³/mol. The van der Waals surface area contributed by atoms with Crippen molar-refractivity contribution in [2.45, 2.75) is 18.7 Å². The van der Waals surface area contributed by atoms with Crippen molar-refractivity contribution in [3.8, 4) is 0 Å². The molecule has 0 aliphatic carbocycles. The number of hydrogen-bond donors (Lipinski definition) is 1. The summed E-state index contributed by atoms with van der Waals surface area (Å²) < 4.78 is 26.5. The lowest BCUT2D eigenvalue weighted by Gasteiger charge is -2.33. The number of rotatable bonds is 7. The molecule has 1 aromatic heterocycles. The van der Waals surface area contributed by atoms with Gasteiger partial charge < -0.3 is 15.1 Å². The number of amides is 1. The zero-order chi connectivity index (χ0) is 21.7.